The third-order valence-electron chi connectivity index (χ3n) is 3.90. The van der Waals surface area contributed by atoms with Gasteiger partial charge in [0.1, 0.15) is 5.75 Å². The van der Waals surface area contributed by atoms with Crippen molar-refractivity contribution in [3.63, 3.8) is 0 Å². The van der Waals surface area contributed by atoms with Crippen LogP contribution < -0.4 is 10.1 Å². The molecule has 0 saturated carbocycles. The van der Waals surface area contributed by atoms with Crippen molar-refractivity contribution in [2.75, 3.05) is 24.7 Å². The first-order chi connectivity index (χ1) is 8.93. The zero-order chi connectivity index (χ0) is 12.2. The first-order valence-electron chi connectivity index (χ1n) is 6.96. The number of benzene rings is 1. The molecule has 1 aromatic rings. The van der Waals surface area contributed by atoms with Gasteiger partial charge < -0.3 is 10.1 Å². The second kappa shape index (κ2) is 5.98. The van der Waals surface area contributed by atoms with Gasteiger partial charge in [-0.25, -0.2) is 0 Å². The van der Waals surface area contributed by atoms with Gasteiger partial charge in [0.25, 0.3) is 0 Å². The number of para-hydroxylation sites is 1. The van der Waals surface area contributed by atoms with Crippen LogP contribution >= 0.6 is 11.8 Å². The van der Waals surface area contributed by atoms with Gasteiger partial charge in [-0.2, -0.15) is 11.8 Å². The van der Waals surface area contributed by atoms with Gasteiger partial charge in [-0.15, -0.1) is 0 Å². The summed E-state index contributed by atoms with van der Waals surface area (Å²) < 4.78 is 5.71. The minimum atomic E-state index is 0.627. The van der Waals surface area contributed by atoms with Crippen molar-refractivity contribution < 1.29 is 4.74 Å². The van der Waals surface area contributed by atoms with Crippen LogP contribution in [0.15, 0.2) is 24.3 Å². The number of ether oxygens (including phenoxy) is 1. The van der Waals surface area contributed by atoms with Crippen molar-refractivity contribution in [3.8, 4) is 5.75 Å². The largest absolute Gasteiger partial charge is 0.493 e. The topological polar surface area (TPSA) is 21.3 Å². The van der Waals surface area contributed by atoms with E-state index in [1.165, 1.54) is 29.9 Å². The number of hydrogen-bond donors (Lipinski definition) is 1. The SMILES string of the molecule is c1ccc2c(c1)OCCC2CNC1CCCSC1. The van der Waals surface area contributed by atoms with E-state index in [1.807, 2.05) is 0 Å². The van der Waals surface area contributed by atoms with E-state index in [0.717, 1.165) is 31.4 Å². The molecular weight excluding hydrogens is 242 g/mol. The molecule has 1 aromatic carbocycles. The van der Waals surface area contributed by atoms with Crippen LogP contribution in [0.3, 0.4) is 0 Å². The number of thioether (sulfide) groups is 1. The van der Waals surface area contributed by atoms with Crippen molar-refractivity contribution in [2.45, 2.75) is 31.2 Å². The predicted molar refractivity (Wildman–Crippen MR) is 77.6 cm³/mol. The van der Waals surface area contributed by atoms with Crippen molar-refractivity contribution in [3.05, 3.63) is 29.8 Å². The van der Waals surface area contributed by atoms with Crippen LogP contribution in [0.1, 0.15) is 30.7 Å². The predicted octanol–water partition coefficient (Wildman–Crippen LogP) is 3.04. The van der Waals surface area contributed by atoms with Gasteiger partial charge in [-0.1, -0.05) is 18.2 Å². The lowest BCUT2D eigenvalue weighted by Crippen LogP contribution is -2.37. The molecule has 0 aliphatic carbocycles. The Labute approximate surface area is 113 Å². The third-order valence-corrected chi connectivity index (χ3v) is 5.11. The molecule has 18 heavy (non-hydrogen) atoms. The molecule has 1 saturated heterocycles. The Kier molecular flexibility index (Phi) is 4.11. The van der Waals surface area contributed by atoms with Gasteiger partial charge >= 0.3 is 0 Å². The fourth-order valence-corrected chi connectivity index (χ4v) is 3.95. The fraction of sp³-hybridized carbons (Fsp3) is 0.600. The van der Waals surface area contributed by atoms with E-state index in [9.17, 15) is 0 Å². The maximum absolute atomic E-state index is 5.71. The third kappa shape index (κ3) is 2.83. The van der Waals surface area contributed by atoms with Crippen LogP contribution in [0, 0.1) is 0 Å². The molecule has 3 heteroatoms. The fourth-order valence-electron chi connectivity index (χ4n) is 2.84. The normalized spacial score (nSPS) is 27.3. The van der Waals surface area contributed by atoms with Gasteiger partial charge in [0, 0.05) is 24.3 Å². The Bertz CT molecular complexity index is 390. The molecule has 2 heterocycles. The number of rotatable bonds is 3. The number of hydrogen-bond acceptors (Lipinski definition) is 3. The van der Waals surface area contributed by atoms with E-state index >= 15 is 0 Å². The van der Waals surface area contributed by atoms with Gasteiger partial charge in [0.15, 0.2) is 0 Å². The van der Waals surface area contributed by atoms with Crippen molar-refractivity contribution in [2.24, 2.45) is 0 Å². The van der Waals surface area contributed by atoms with Crippen LogP contribution in [-0.2, 0) is 0 Å². The van der Waals surface area contributed by atoms with E-state index in [1.54, 1.807) is 0 Å². The summed E-state index contributed by atoms with van der Waals surface area (Å²) in [6, 6.07) is 9.22. The Hall–Kier alpha value is -0.670. The Morgan fingerprint density at radius 2 is 2.22 bits per heavy atom. The Morgan fingerprint density at radius 3 is 3.11 bits per heavy atom. The van der Waals surface area contributed by atoms with Gasteiger partial charge in [-0.3, -0.25) is 0 Å². The molecule has 0 spiro atoms. The summed E-state index contributed by atoms with van der Waals surface area (Å²) in [7, 11) is 0. The van der Waals surface area contributed by atoms with Gasteiger partial charge in [-0.05, 0) is 36.6 Å². The highest BCUT2D eigenvalue weighted by atomic mass is 32.2. The standard InChI is InChI=1S/C15H21NOS/c1-2-6-15-14(5-1)12(7-8-17-15)10-16-13-4-3-9-18-11-13/h1-2,5-6,12-13,16H,3-4,7-11H2. The highest BCUT2D eigenvalue weighted by Gasteiger charge is 2.22. The summed E-state index contributed by atoms with van der Waals surface area (Å²) in [6.45, 7) is 1.97. The molecule has 2 aliphatic heterocycles. The van der Waals surface area contributed by atoms with E-state index in [4.69, 9.17) is 4.74 Å². The van der Waals surface area contributed by atoms with Crippen LogP contribution in [-0.4, -0.2) is 30.7 Å². The van der Waals surface area contributed by atoms with Crippen LogP contribution in [0.5, 0.6) is 5.75 Å². The molecule has 0 aromatic heterocycles. The zero-order valence-corrected chi connectivity index (χ0v) is 11.5. The highest BCUT2D eigenvalue weighted by Crippen LogP contribution is 2.33. The molecule has 2 nitrogen and oxygen atoms in total. The molecule has 0 bridgehead atoms. The minimum Gasteiger partial charge on any atom is -0.493 e. The van der Waals surface area contributed by atoms with Crippen LogP contribution in [0.2, 0.25) is 0 Å². The number of fused-ring (bicyclic) bond motifs is 1. The molecular formula is C15H21NOS. The van der Waals surface area contributed by atoms with E-state index in [0.29, 0.717) is 5.92 Å². The Balaban J connectivity index is 1.60. The van der Waals surface area contributed by atoms with E-state index in [2.05, 4.69) is 41.3 Å². The molecule has 3 rings (SSSR count). The first-order valence-corrected chi connectivity index (χ1v) is 8.12. The number of nitrogens with one attached hydrogen (secondary N) is 1. The van der Waals surface area contributed by atoms with Gasteiger partial charge in [0.2, 0.25) is 0 Å². The smallest absolute Gasteiger partial charge is 0.122 e. The Morgan fingerprint density at radius 1 is 1.28 bits per heavy atom. The second-order valence-corrected chi connectivity index (χ2v) is 6.34. The molecule has 2 aliphatic rings. The monoisotopic (exact) mass is 263 g/mol. The minimum absolute atomic E-state index is 0.627. The zero-order valence-electron chi connectivity index (χ0n) is 10.7. The van der Waals surface area contributed by atoms with Crippen molar-refractivity contribution in [1.82, 2.24) is 5.32 Å². The van der Waals surface area contributed by atoms with E-state index in [-0.39, 0.29) is 0 Å². The van der Waals surface area contributed by atoms with Crippen molar-refractivity contribution >= 4 is 11.8 Å². The summed E-state index contributed by atoms with van der Waals surface area (Å²) >= 11 is 2.09. The summed E-state index contributed by atoms with van der Waals surface area (Å²) in [5.41, 5.74) is 1.39. The second-order valence-electron chi connectivity index (χ2n) is 5.19. The maximum atomic E-state index is 5.71. The summed E-state index contributed by atoms with van der Waals surface area (Å²) in [6.07, 6.45) is 3.86. The quantitative estimate of drug-likeness (QED) is 0.905. The summed E-state index contributed by atoms with van der Waals surface area (Å²) in [5, 5.41) is 3.76. The average molecular weight is 263 g/mol. The van der Waals surface area contributed by atoms with E-state index < -0.39 is 0 Å². The molecule has 1 N–H and O–H groups in total. The maximum Gasteiger partial charge on any atom is 0.122 e. The summed E-state index contributed by atoms with van der Waals surface area (Å²) in [4.78, 5) is 0. The highest BCUT2D eigenvalue weighted by molar-refractivity contribution is 7.99. The summed E-state index contributed by atoms with van der Waals surface area (Å²) in [5.74, 6) is 4.35. The van der Waals surface area contributed by atoms with Crippen molar-refractivity contribution in [1.29, 1.82) is 0 Å². The lowest BCUT2D eigenvalue weighted by Gasteiger charge is -2.29. The molecule has 2 unspecified atom stereocenters. The van der Waals surface area contributed by atoms with Gasteiger partial charge in [0.05, 0.1) is 6.61 Å². The molecule has 1 fully saturated rings. The lowest BCUT2D eigenvalue weighted by atomic mass is 9.93. The molecule has 98 valence electrons. The molecule has 0 amide bonds. The average Bonchev–Trinajstić information content (AvgIpc) is 2.46. The van der Waals surface area contributed by atoms with Crippen LogP contribution in [0.4, 0.5) is 0 Å². The first kappa shape index (κ1) is 12.4. The molecule has 0 radical (unpaired) electrons. The van der Waals surface area contributed by atoms with Crippen LogP contribution in [0.25, 0.3) is 0 Å². The lowest BCUT2D eigenvalue weighted by molar-refractivity contribution is 0.262. The molecule has 2 atom stereocenters.